The van der Waals surface area contributed by atoms with Gasteiger partial charge in [0.1, 0.15) is 13.2 Å². The van der Waals surface area contributed by atoms with Crippen LogP contribution in [0.2, 0.25) is 0 Å². The summed E-state index contributed by atoms with van der Waals surface area (Å²) in [6.07, 6.45) is 0. The molecular formula is C24H34O9. The summed E-state index contributed by atoms with van der Waals surface area (Å²) in [7, 11) is 6.35. The molecular weight excluding hydrogens is 432 g/mol. The molecule has 0 aromatic heterocycles. The largest absolute Gasteiger partial charge is 0.493 e. The summed E-state index contributed by atoms with van der Waals surface area (Å²) in [6, 6.07) is 10.9. The number of ether oxygens (including phenoxy) is 9. The van der Waals surface area contributed by atoms with E-state index in [1.54, 1.807) is 28.4 Å². The zero-order valence-electron chi connectivity index (χ0n) is 19.8. The maximum atomic E-state index is 5.73. The van der Waals surface area contributed by atoms with E-state index in [9.17, 15) is 0 Å². The van der Waals surface area contributed by atoms with Crippen molar-refractivity contribution in [2.45, 2.75) is 0 Å². The van der Waals surface area contributed by atoms with Crippen molar-refractivity contribution in [1.29, 1.82) is 0 Å². The SMILES string of the molecule is COc1cccc(OC)c1OCCOCCOCCOCCOc1c(OC)cccc1OC. The summed E-state index contributed by atoms with van der Waals surface area (Å²) in [5, 5.41) is 0. The first-order chi connectivity index (χ1) is 16.2. The fraction of sp³-hybridized carbons (Fsp3) is 0.500. The molecule has 0 saturated heterocycles. The van der Waals surface area contributed by atoms with Gasteiger partial charge in [-0.1, -0.05) is 12.1 Å². The first kappa shape index (κ1) is 26.4. The first-order valence-corrected chi connectivity index (χ1v) is 10.7. The molecule has 0 spiro atoms. The zero-order valence-corrected chi connectivity index (χ0v) is 19.8. The van der Waals surface area contributed by atoms with Crippen molar-refractivity contribution < 1.29 is 42.6 Å². The molecule has 2 rings (SSSR count). The number of benzene rings is 2. The Kier molecular flexibility index (Phi) is 12.7. The summed E-state index contributed by atoms with van der Waals surface area (Å²) in [5.41, 5.74) is 0. The summed E-state index contributed by atoms with van der Waals surface area (Å²) in [5.74, 6) is 3.59. The fourth-order valence-electron chi connectivity index (χ4n) is 2.87. The Morgan fingerprint density at radius 1 is 0.424 bits per heavy atom. The van der Waals surface area contributed by atoms with Gasteiger partial charge >= 0.3 is 0 Å². The van der Waals surface area contributed by atoms with Crippen molar-refractivity contribution in [1.82, 2.24) is 0 Å². The molecule has 9 nitrogen and oxygen atoms in total. The zero-order chi connectivity index (χ0) is 23.7. The van der Waals surface area contributed by atoms with Crippen LogP contribution in [0.15, 0.2) is 36.4 Å². The highest BCUT2D eigenvalue weighted by Gasteiger charge is 2.11. The van der Waals surface area contributed by atoms with Gasteiger partial charge in [-0.05, 0) is 24.3 Å². The minimum Gasteiger partial charge on any atom is -0.493 e. The number of hydrogen-bond acceptors (Lipinski definition) is 9. The second kappa shape index (κ2) is 15.8. The van der Waals surface area contributed by atoms with Crippen molar-refractivity contribution in [3.8, 4) is 34.5 Å². The molecule has 0 amide bonds. The van der Waals surface area contributed by atoms with E-state index in [2.05, 4.69) is 0 Å². The van der Waals surface area contributed by atoms with Crippen LogP contribution in [-0.4, -0.2) is 81.3 Å². The van der Waals surface area contributed by atoms with Gasteiger partial charge in [-0.2, -0.15) is 0 Å². The van der Waals surface area contributed by atoms with Gasteiger partial charge in [-0.3, -0.25) is 0 Å². The van der Waals surface area contributed by atoms with Gasteiger partial charge in [0.2, 0.25) is 11.5 Å². The maximum Gasteiger partial charge on any atom is 0.203 e. The van der Waals surface area contributed by atoms with Crippen LogP contribution in [0.25, 0.3) is 0 Å². The molecule has 0 N–H and O–H groups in total. The normalized spacial score (nSPS) is 10.5. The Morgan fingerprint density at radius 3 is 0.970 bits per heavy atom. The molecule has 0 aliphatic carbocycles. The van der Waals surface area contributed by atoms with Crippen molar-refractivity contribution >= 4 is 0 Å². The van der Waals surface area contributed by atoms with Crippen LogP contribution in [-0.2, 0) is 14.2 Å². The Hall–Kier alpha value is -2.88. The number of para-hydroxylation sites is 2. The minimum atomic E-state index is 0.372. The third kappa shape index (κ3) is 8.88. The Bertz CT molecular complexity index is 687. The second-order valence-electron chi connectivity index (χ2n) is 6.52. The van der Waals surface area contributed by atoms with Crippen LogP contribution >= 0.6 is 0 Å². The minimum absolute atomic E-state index is 0.372. The van der Waals surface area contributed by atoms with Crippen LogP contribution in [0.4, 0.5) is 0 Å². The van der Waals surface area contributed by atoms with Crippen molar-refractivity contribution in [2.75, 3.05) is 81.3 Å². The molecule has 0 fully saturated rings. The quantitative estimate of drug-likeness (QED) is 0.308. The molecule has 0 radical (unpaired) electrons. The summed E-state index contributed by atoms with van der Waals surface area (Å²) >= 11 is 0. The average molecular weight is 467 g/mol. The topological polar surface area (TPSA) is 83.1 Å². The van der Waals surface area contributed by atoms with E-state index in [1.807, 2.05) is 36.4 Å². The molecule has 184 valence electrons. The van der Waals surface area contributed by atoms with Gasteiger partial charge in [0.25, 0.3) is 0 Å². The molecule has 9 heteroatoms. The van der Waals surface area contributed by atoms with E-state index in [0.29, 0.717) is 87.4 Å². The highest BCUT2D eigenvalue weighted by atomic mass is 16.6. The molecule has 0 aliphatic heterocycles. The number of methoxy groups -OCH3 is 4. The van der Waals surface area contributed by atoms with Crippen molar-refractivity contribution in [3.05, 3.63) is 36.4 Å². The van der Waals surface area contributed by atoms with Crippen LogP contribution < -0.4 is 28.4 Å². The summed E-state index contributed by atoms with van der Waals surface area (Å²) < 4.78 is 49.2. The molecule has 0 bridgehead atoms. The van der Waals surface area contributed by atoms with E-state index in [0.717, 1.165) is 0 Å². The Labute approximate surface area is 195 Å². The lowest BCUT2D eigenvalue weighted by Gasteiger charge is -2.14. The first-order valence-electron chi connectivity index (χ1n) is 10.7. The Balaban J connectivity index is 1.48. The third-order valence-electron chi connectivity index (χ3n) is 4.46. The van der Waals surface area contributed by atoms with Gasteiger partial charge < -0.3 is 42.6 Å². The fourth-order valence-corrected chi connectivity index (χ4v) is 2.87. The van der Waals surface area contributed by atoms with E-state index in [-0.39, 0.29) is 0 Å². The van der Waals surface area contributed by atoms with Crippen LogP contribution in [0.5, 0.6) is 34.5 Å². The molecule has 33 heavy (non-hydrogen) atoms. The van der Waals surface area contributed by atoms with Crippen LogP contribution in [0.1, 0.15) is 0 Å². The van der Waals surface area contributed by atoms with Gasteiger partial charge in [0.15, 0.2) is 23.0 Å². The summed E-state index contributed by atoms with van der Waals surface area (Å²) in [4.78, 5) is 0. The van der Waals surface area contributed by atoms with Gasteiger partial charge in [0.05, 0.1) is 68.1 Å². The van der Waals surface area contributed by atoms with Gasteiger partial charge in [0, 0.05) is 0 Å². The second-order valence-corrected chi connectivity index (χ2v) is 6.52. The van der Waals surface area contributed by atoms with E-state index in [1.165, 1.54) is 0 Å². The van der Waals surface area contributed by atoms with Gasteiger partial charge in [-0.25, -0.2) is 0 Å². The smallest absolute Gasteiger partial charge is 0.203 e. The molecule has 0 atom stereocenters. The monoisotopic (exact) mass is 466 g/mol. The van der Waals surface area contributed by atoms with E-state index >= 15 is 0 Å². The van der Waals surface area contributed by atoms with Crippen molar-refractivity contribution in [2.24, 2.45) is 0 Å². The Morgan fingerprint density at radius 2 is 0.697 bits per heavy atom. The molecule has 0 heterocycles. The molecule has 0 aliphatic rings. The maximum absolute atomic E-state index is 5.73. The van der Waals surface area contributed by atoms with Crippen LogP contribution in [0, 0.1) is 0 Å². The highest BCUT2D eigenvalue weighted by molar-refractivity contribution is 5.51. The lowest BCUT2D eigenvalue weighted by atomic mass is 10.3. The molecule has 2 aromatic carbocycles. The predicted molar refractivity (Wildman–Crippen MR) is 123 cm³/mol. The third-order valence-corrected chi connectivity index (χ3v) is 4.46. The summed E-state index contributed by atoms with van der Waals surface area (Å²) in [6.45, 7) is 3.45. The highest BCUT2D eigenvalue weighted by Crippen LogP contribution is 2.37. The van der Waals surface area contributed by atoms with Gasteiger partial charge in [-0.15, -0.1) is 0 Å². The van der Waals surface area contributed by atoms with Crippen LogP contribution in [0.3, 0.4) is 0 Å². The standard InChI is InChI=1S/C24H34O9/c1-25-19-7-5-8-20(26-2)23(19)32-17-15-30-13-11-29-12-14-31-16-18-33-24-21(27-3)9-6-10-22(24)28-4/h5-10H,11-18H2,1-4H3. The lowest BCUT2D eigenvalue weighted by molar-refractivity contribution is 0.00458. The number of hydrogen-bond donors (Lipinski definition) is 0. The lowest BCUT2D eigenvalue weighted by Crippen LogP contribution is -2.14. The average Bonchev–Trinajstić information content (AvgIpc) is 2.86. The van der Waals surface area contributed by atoms with E-state index < -0.39 is 0 Å². The predicted octanol–water partition coefficient (Wildman–Crippen LogP) is 3.23. The molecule has 0 saturated carbocycles. The van der Waals surface area contributed by atoms with Crippen molar-refractivity contribution in [3.63, 3.8) is 0 Å². The number of rotatable bonds is 18. The molecule has 2 aromatic rings. The molecule has 0 unspecified atom stereocenters. The van der Waals surface area contributed by atoms with E-state index in [4.69, 9.17) is 42.6 Å².